The van der Waals surface area contributed by atoms with Crippen LogP contribution in [0.25, 0.3) is 0 Å². The zero-order valence-electron chi connectivity index (χ0n) is 6.05. The van der Waals surface area contributed by atoms with Crippen LogP contribution in [0.15, 0.2) is 10.5 Å². The van der Waals surface area contributed by atoms with Gasteiger partial charge in [-0.3, -0.25) is 9.59 Å². The van der Waals surface area contributed by atoms with Crippen LogP contribution < -0.4 is 0 Å². The lowest BCUT2D eigenvalue weighted by molar-refractivity contribution is -0.104. The summed E-state index contributed by atoms with van der Waals surface area (Å²) in [5.41, 5.74) is 0.0288. The molecular formula is C7H2BrCl2NO2. The molecule has 0 amide bonds. The zero-order chi connectivity index (χ0) is 10.0. The van der Waals surface area contributed by atoms with Crippen LogP contribution in [0.3, 0.4) is 0 Å². The summed E-state index contributed by atoms with van der Waals surface area (Å²) < 4.78 is 0.356. The van der Waals surface area contributed by atoms with E-state index in [1.165, 1.54) is 6.07 Å². The Bertz CT molecular complexity index is 358. The van der Waals surface area contributed by atoms with Gasteiger partial charge in [0, 0.05) is 4.47 Å². The van der Waals surface area contributed by atoms with Gasteiger partial charge in [-0.15, -0.1) is 0 Å². The molecule has 0 saturated heterocycles. The van der Waals surface area contributed by atoms with E-state index in [0.29, 0.717) is 4.47 Å². The molecule has 13 heavy (non-hydrogen) atoms. The lowest BCUT2D eigenvalue weighted by Gasteiger charge is -2.01. The first-order valence-corrected chi connectivity index (χ1v) is 4.62. The maximum absolute atomic E-state index is 11.0. The maximum Gasteiger partial charge on any atom is 0.229 e. The molecule has 0 N–H and O–H groups in total. The Morgan fingerprint density at radius 3 is 2.62 bits per heavy atom. The molecule has 1 aromatic heterocycles. The molecular weight excluding hydrogens is 281 g/mol. The van der Waals surface area contributed by atoms with Gasteiger partial charge < -0.3 is 0 Å². The predicted octanol–water partition coefficient (Wildman–Crippen LogP) is 2.53. The fourth-order valence-electron chi connectivity index (χ4n) is 0.736. The molecule has 3 nitrogen and oxygen atoms in total. The van der Waals surface area contributed by atoms with E-state index in [9.17, 15) is 9.59 Å². The summed E-state index contributed by atoms with van der Waals surface area (Å²) in [5.74, 6) is -0.735. The molecule has 0 aliphatic rings. The molecule has 0 aromatic carbocycles. The topological polar surface area (TPSA) is 47.0 Å². The SMILES string of the molecule is O=CC(=O)c1c(Br)cc(Cl)nc1Cl. The number of rotatable bonds is 2. The van der Waals surface area contributed by atoms with Crippen LogP contribution in [0.5, 0.6) is 0 Å². The van der Waals surface area contributed by atoms with Gasteiger partial charge in [0.15, 0.2) is 6.29 Å². The van der Waals surface area contributed by atoms with E-state index in [1.54, 1.807) is 0 Å². The first-order chi connectivity index (χ1) is 6.06. The highest BCUT2D eigenvalue weighted by molar-refractivity contribution is 9.10. The molecule has 0 aliphatic heterocycles. The van der Waals surface area contributed by atoms with Crippen molar-refractivity contribution >= 4 is 51.2 Å². The number of pyridine rings is 1. The Labute approximate surface area is 92.2 Å². The molecule has 0 aliphatic carbocycles. The van der Waals surface area contributed by atoms with Gasteiger partial charge in [0.1, 0.15) is 10.3 Å². The quantitative estimate of drug-likeness (QED) is 0.362. The molecule has 0 saturated carbocycles. The summed E-state index contributed by atoms with van der Waals surface area (Å²) in [6.45, 7) is 0. The molecule has 1 rings (SSSR count). The van der Waals surface area contributed by atoms with Crippen LogP contribution in [-0.4, -0.2) is 17.1 Å². The number of hydrogen-bond acceptors (Lipinski definition) is 3. The molecule has 0 radical (unpaired) electrons. The van der Waals surface area contributed by atoms with E-state index in [1.807, 2.05) is 0 Å². The van der Waals surface area contributed by atoms with Gasteiger partial charge >= 0.3 is 0 Å². The Morgan fingerprint density at radius 2 is 2.15 bits per heavy atom. The number of nitrogens with zero attached hydrogens (tertiary/aromatic N) is 1. The van der Waals surface area contributed by atoms with Crippen LogP contribution in [0.2, 0.25) is 10.3 Å². The minimum absolute atomic E-state index is 0.0288. The number of aldehydes is 1. The van der Waals surface area contributed by atoms with Crippen molar-refractivity contribution in [3.63, 3.8) is 0 Å². The molecule has 68 valence electrons. The zero-order valence-corrected chi connectivity index (χ0v) is 9.15. The van der Waals surface area contributed by atoms with E-state index in [0.717, 1.165) is 0 Å². The van der Waals surface area contributed by atoms with Crippen LogP contribution in [0, 0.1) is 0 Å². The molecule has 1 aromatic rings. The Hall–Kier alpha value is -0.450. The summed E-state index contributed by atoms with van der Waals surface area (Å²) in [4.78, 5) is 24.8. The Morgan fingerprint density at radius 1 is 1.54 bits per heavy atom. The molecule has 0 atom stereocenters. The van der Waals surface area contributed by atoms with Crippen molar-refractivity contribution in [1.82, 2.24) is 4.98 Å². The molecule has 0 unspecified atom stereocenters. The highest BCUT2D eigenvalue weighted by Crippen LogP contribution is 2.26. The van der Waals surface area contributed by atoms with Crippen LogP contribution in [0.1, 0.15) is 10.4 Å². The van der Waals surface area contributed by atoms with Crippen molar-refractivity contribution in [2.75, 3.05) is 0 Å². The lowest BCUT2D eigenvalue weighted by Crippen LogP contribution is -2.03. The normalized spacial score (nSPS) is 9.77. The maximum atomic E-state index is 11.0. The number of halogens is 3. The minimum atomic E-state index is -0.735. The summed E-state index contributed by atoms with van der Waals surface area (Å²) >= 11 is 14.2. The second-order valence-corrected chi connectivity index (χ2v) is 3.67. The fourth-order valence-corrected chi connectivity index (χ4v) is 2.10. The van der Waals surface area contributed by atoms with Gasteiger partial charge in [-0.1, -0.05) is 23.2 Å². The van der Waals surface area contributed by atoms with Crippen LogP contribution >= 0.6 is 39.1 Å². The molecule has 0 bridgehead atoms. The van der Waals surface area contributed by atoms with E-state index >= 15 is 0 Å². The molecule has 0 fully saturated rings. The first-order valence-electron chi connectivity index (χ1n) is 3.07. The third-order valence-corrected chi connectivity index (χ3v) is 2.34. The van der Waals surface area contributed by atoms with Gasteiger partial charge in [-0.2, -0.15) is 0 Å². The first kappa shape index (κ1) is 10.6. The Kier molecular flexibility index (Phi) is 3.41. The smallest absolute Gasteiger partial charge is 0.229 e. The second-order valence-electron chi connectivity index (χ2n) is 2.07. The highest BCUT2D eigenvalue weighted by atomic mass is 79.9. The summed E-state index contributed by atoms with van der Waals surface area (Å²) in [5, 5.41) is 0.0656. The van der Waals surface area contributed by atoms with Gasteiger partial charge in [0.05, 0.1) is 5.56 Å². The van der Waals surface area contributed by atoms with E-state index in [2.05, 4.69) is 20.9 Å². The molecule has 1 heterocycles. The number of aromatic nitrogens is 1. The molecule has 6 heteroatoms. The largest absolute Gasteiger partial charge is 0.294 e. The lowest BCUT2D eigenvalue weighted by atomic mass is 10.2. The summed E-state index contributed by atoms with van der Waals surface area (Å²) in [6.07, 6.45) is 0.168. The average Bonchev–Trinajstić information content (AvgIpc) is 2.02. The van der Waals surface area contributed by atoms with E-state index < -0.39 is 5.78 Å². The van der Waals surface area contributed by atoms with Crippen molar-refractivity contribution in [2.24, 2.45) is 0 Å². The third kappa shape index (κ3) is 2.27. The van der Waals surface area contributed by atoms with Crippen molar-refractivity contribution in [3.8, 4) is 0 Å². The predicted molar refractivity (Wildman–Crippen MR) is 52.4 cm³/mol. The summed E-state index contributed by atoms with van der Waals surface area (Å²) in [7, 11) is 0. The van der Waals surface area contributed by atoms with E-state index in [-0.39, 0.29) is 22.2 Å². The highest BCUT2D eigenvalue weighted by Gasteiger charge is 2.15. The van der Waals surface area contributed by atoms with E-state index in [4.69, 9.17) is 23.2 Å². The second kappa shape index (κ2) is 4.17. The van der Waals surface area contributed by atoms with Crippen molar-refractivity contribution in [2.45, 2.75) is 0 Å². The average molecular weight is 283 g/mol. The van der Waals surface area contributed by atoms with Gasteiger partial charge in [-0.05, 0) is 22.0 Å². The van der Waals surface area contributed by atoms with Gasteiger partial charge in [0.2, 0.25) is 5.78 Å². The fraction of sp³-hybridized carbons (Fsp3) is 0. The van der Waals surface area contributed by atoms with Crippen molar-refractivity contribution in [3.05, 3.63) is 26.4 Å². The number of Topliss-reactive ketones (excluding diaryl/α,β-unsaturated/α-hetero) is 1. The monoisotopic (exact) mass is 281 g/mol. The standard InChI is InChI=1S/C7H2BrCl2NO2/c8-3-1-5(9)11-7(10)6(3)4(13)2-12/h1-2H. The minimum Gasteiger partial charge on any atom is -0.294 e. The molecule has 0 spiro atoms. The van der Waals surface area contributed by atoms with Crippen LogP contribution in [-0.2, 0) is 4.79 Å². The number of carbonyl (C=O) groups excluding carboxylic acids is 2. The number of hydrogen-bond donors (Lipinski definition) is 0. The van der Waals surface area contributed by atoms with Gasteiger partial charge in [-0.25, -0.2) is 4.98 Å². The third-order valence-electron chi connectivity index (χ3n) is 1.25. The Balaban J connectivity index is 3.36. The van der Waals surface area contributed by atoms with Crippen LogP contribution in [0.4, 0.5) is 0 Å². The number of carbonyl (C=O) groups is 2. The number of ketones is 1. The summed E-state index contributed by atoms with van der Waals surface area (Å²) in [6, 6.07) is 1.39. The van der Waals surface area contributed by atoms with Crippen molar-refractivity contribution in [1.29, 1.82) is 0 Å². The van der Waals surface area contributed by atoms with Crippen molar-refractivity contribution < 1.29 is 9.59 Å². The van der Waals surface area contributed by atoms with Gasteiger partial charge in [0.25, 0.3) is 0 Å².